The third-order valence-corrected chi connectivity index (χ3v) is 5.42. The number of hydrogen-bond donors (Lipinski definition) is 0. The van der Waals surface area contributed by atoms with Gasteiger partial charge in [0.15, 0.2) is 0 Å². The number of fused-ring (bicyclic) bond motifs is 1. The molecule has 3 rings (SSSR count). The van der Waals surface area contributed by atoms with E-state index in [-0.39, 0.29) is 0 Å². The van der Waals surface area contributed by atoms with Crippen LogP contribution in [-0.4, -0.2) is 33.0 Å². The first-order valence-corrected chi connectivity index (χ1v) is 9.20. The highest BCUT2D eigenvalue weighted by atomic mass is 35.5. The van der Waals surface area contributed by atoms with Gasteiger partial charge in [0.05, 0.1) is 12.1 Å². The molecule has 0 bridgehead atoms. The highest BCUT2D eigenvalue weighted by Crippen LogP contribution is 2.31. The average molecular weight is 325 g/mol. The molecule has 2 heterocycles. The normalized spacial score (nSPS) is 18.5. The van der Waals surface area contributed by atoms with Crippen molar-refractivity contribution in [3.63, 3.8) is 0 Å². The van der Waals surface area contributed by atoms with Crippen molar-refractivity contribution in [1.29, 1.82) is 0 Å². The van der Waals surface area contributed by atoms with Crippen LogP contribution in [0.3, 0.4) is 0 Å². The lowest BCUT2D eigenvalue weighted by Gasteiger charge is -2.13. The number of rotatable bonds is 6. The molecule has 1 aliphatic rings. The van der Waals surface area contributed by atoms with E-state index in [1.54, 1.807) is 0 Å². The second kappa shape index (κ2) is 6.93. The summed E-state index contributed by atoms with van der Waals surface area (Å²) in [5, 5.41) is 0.701. The van der Waals surface area contributed by atoms with Crippen molar-refractivity contribution in [2.24, 2.45) is 0 Å². The number of hydrogen-bond acceptors (Lipinski definition) is 3. The first-order chi connectivity index (χ1) is 10.3. The van der Waals surface area contributed by atoms with Crippen LogP contribution >= 0.6 is 23.4 Å². The predicted octanol–water partition coefficient (Wildman–Crippen LogP) is 4.11. The van der Waals surface area contributed by atoms with Crippen molar-refractivity contribution in [2.45, 2.75) is 38.0 Å². The maximum Gasteiger partial charge on any atom is 0.147 e. The minimum atomic E-state index is 0.602. The van der Waals surface area contributed by atoms with Crippen LogP contribution in [0.5, 0.6) is 5.75 Å². The van der Waals surface area contributed by atoms with Crippen molar-refractivity contribution in [1.82, 2.24) is 9.55 Å². The van der Waals surface area contributed by atoms with E-state index in [0.717, 1.165) is 30.1 Å². The Labute approximate surface area is 135 Å². The Balaban J connectivity index is 2.01. The Kier molecular flexibility index (Phi) is 4.96. The number of alkyl halides is 1. The number of thioether (sulfide) groups is 1. The first kappa shape index (κ1) is 15.0. The quantitative estimate of drug-likeness (QED) is 0.748. The number of ether oxygens (including phenoxy) is 1. The molecule has 0 radical (unpaired) electrons. The predicted molar refractivity (Wildman–Crippen MR) is 90.8 cm³/mol. The number of imidazole rings is 1. The van der Waals surface area contributed by atoms with Gasteiger partial charge in [-0.25, -0.2) is 4.98 Å². The van der Waals surface area contributed by atoms with Crippen LogP contribution in [0.25, 0.3) is 11.0 Å². The maximum absolute atomic E-state index is 5.96. The molecule has 1 unspecified atom stereocenters. The summed E-state index contributed by atoms with van der Waals surface area (Å²) in [4.78, 5) is 4.81. The van der Waals surface area contributed by atoms with Gasteiger partial charge in [-0.15, -0.1) is 11.6 Å². The van der Waals surface area contributed by atoms with E-state index in [0.29, 0.717) is 17.7 Å². The Hall–Kier alpha value is -0.870. The minimum Gasteiger partial charge on any atom is -0.492 e. The van der Waals surface area contributed by atoms with E-state index in [4.69, 9.17) is 21.3 Å². The minimum absolute atomic E-state index is 0.602. The van der Waals surface area contributed by atoms with Crippen molar-refractivity contribution < 1.29 is 4.74 Å². The van der Waals surface area contributed by atoms with Gasteiger partial charge < -0.3 is 9.30 Å². The molecule has 1 saturated heterocycles. The molecule has 114 valence electrons. The summed E-state index contributed by atoms with van der Waals surface area (Å²) in [6.45, 7) is 3.70. The molecule has 0 spiro atoms. The highest BCUT2D eigenvalue weighted by molar-refractivity contribution is 8.00. The van der Waals surface area contributed by atoms with Gasteiger partial charge in [-0.05, 0) is 37.7 Å². The largest absolute Gasteiger partial charge is 0.492 e. The van der Waals surface area contributed by atoms with Gasteiger partial charge in [-0.3, -0.25) is 0 Å². The fourth-order valence-electron chi connectivity index (χ4n) is 2.91. The number of nitrogens with zero attached hydrogens (tertiary/aromatic N) is 2. The van der Waals surface area contributed by atoms with Crippen LogP contribution in [0.4, 0.5) is 0 Å². The van der Waals surface area contributed by atoms with Crippen LogP contribution in [0.2, 0.25) is 0 Å². The van der Waals surface area contributed by atoms with Gasteiger partial charge in [0, 0.05) is 24.1 Å². The molecule has 0 saturated carbocycles. The summed E-state index contributed by atoms with van der Waals surface area (Å²) in [5.41, 5.74) is 2.15. The lowest BCUT2D eigenvalue weighted by Crippen LogP contribution is -2.13. The van der Waals surface area contributed by atoms with E-state index >= 15 is 0 Å². The van der Waals surface area contributed by atoms with Crippen molar-refractivity contribution >= 4 is 34.4 Å². The summed E-state index contributed by atoms with van der Waals surface area (Å²) < 4.78 is 8.07. The fourth-order valence-corrected chi connectivity index (χ4v) is 4.34. The number of halogens is 1. The summed E-state index contributed by atoms with van der Waals surface area (Å²) in [6, 6.07) is 6.19. The van der Waals surface area contributed by atoms with Gasteiger partial charge in [-0.2, -0.15) is 11.8 Å². The SMILES string of the molecule is CCOc1cccc2c1nc(CCCl)n2CC1CCCS1. The second-order valence-corrected chi connectivity index (χ2v) is 7.06. The summed E-state index contributed by atoms with van der Waals surface area (Å²) in [5.74, 6) is 3.85. The Morgan fingerprint density at radius 2 is 2.38 bits per heavy atom. The monoisotopic (exact) mass is 324 g/mol. The zero-order valence-corrected chi connectivity index (χ0v) is 13.9. The van der Waals surface area contributed by atoms with E-state index in [1.165, 1.54) is 24.1 Å². The average Bonchev–Trinajstić information content (AvgIpc) is 3.10. The van der Waals surface area contributed by atoms with Gasteiger partial charge >= 0.3 is 0 Å². The zero-order valence-electron chi connectivity index (χ0n) is 12.3. The van der Waals surface area contributed by atoms with Gasteiger partial charge in [0.25, 0.3) is 0 Å². The topological polar surface area (TPSA) is 27.1 Å². The van der Waals surface area contributed by atoms with Crippen LogP contribution in [-0.2, 0) is 13.0 Å². The Morgan fingerprint density at radius 3 is 3.10 bits per heavy atom. The molecule has 0 aliphatic carbocycles. The molecular formula is C16H21ClN2OS. The van der Waals surface area contributed by atoms with E-state index < -0.39 is 0 Å². The molecular weight excluding hydrogens is 304 g/mol. The maximum atomic E-state index is 5.96. The molecule has 1 fully saturated rings. The van der Waals surface area contributed by atoms with Crippen LogP contribution in [0.1, 0.15) is 25.6 Å². The molecule has 2 aromatic rings. The summed E-state index contributed by atoms with van der Waals surface area (Å²) >= 11 is 8.04. The van der Waals surface area contributed by atoms with Gasteiger partial charge in [-0.1, -0.05) is 6.07 Å². The van der Waals surface area contributed by atoms with Crippen LogP contribution in [0.15, 0.2) is 18.2 Å². The standard InChI is InChI=1S/C16H21ClN2OS/c1-2-20-14-7-3-6-13-16(14)18-15(8-9-17)19(13)11-12-5-4-10-21-12/h3,6-7,12H,2,4-5,8-11H2,1H3. The first-order valence-electron chi connectivity index (χ1n) is 7.62. The van der Waals surface area contributed by atoms with Crippen molar-refractivity contribution in [2.75, 3.05) is 18.2 Å². The molecule has 5 heteroatoms. The lowest BCUT2D eigenvalue weighted by molar-refractivity contribution is 0.343. The van der Waals surface area contributed by atoms with E-state index in [9.17, 15) is 0 Å². The van der Waals surface area contributed by atoms with Crippen LogP contribution in [0, 0.1) is 0 Å². The van der Waals surface area contributed by atoms with E-state index in [2.05, 4.69) is 28.5 Å². The molecule has 0 N–H and O–H groups in total. The molecule has 1 aliphatic heterocycles. The highest BCUT2D eigenvalue weighted by Gasteiger charge is 2.20. The molecule has 0 amide bonds. The molecule has 1 aromatic heterocycles. The number of aromatic nitrogens is 2. The third kappa shape index (κ3) is 3.16. The molecule has 21 heavy (non-hydrogen) atoms. The number of benzene rings is 1. The Bertz CT molecular complexity index is 608. The molecule has 1 atom stereocenters. The van der Waals surface area contributed by atoms with Crippen molar-refractivity contribution in [3.05, 3.63) is 24.0 Å². The van der Waals surface area contributed by atoms with Crippen molar-refractivity contribution in [3.8, 4) is 5.75 Å². The number of aryl methyl sites for hydroxylation is 1. The van der Waals surface area contributed by atoms with Gasteiger partial charge in [0.2, 0.25) is 0 Å². The number of para-hydroxylation sites is 1. The third-order valence-electron chi connectivity index (χ3n) is 3.85. The lowest BCUT2D eigenvalue weighted by atomic mass is 10.2. The smallest absolute Gasteiger partial charge is 0.147 e. The van der Waals surface area contributed by atoms with E-state index in [1.807, 2.05) is 13.0 Å². The Morgan fingerprint density at radius 1 is 1.48 bits per heavy atom. The second-order valence-electron chi connectivity index (χ2n) is 5.27. The fraction of sp³-hybridized carbons (Fsp3) is 0.562. The van der Waals surface area contributed by atoms with Crippen LogP contribution < -0.4 is 4.74 Å². The summed E-state index contributed by atoms with van der Waals surface area (Å²) in [7, 11) is 0. The zero-order chi connectivity index (χ0) is 14.7. The molecule has 1 aromatic carbocycles. The summed E-state index contributed by atoms with van der Waals surface area (Å²) in [6.07, 6.45) is 3.44. The molecule has 3 nitrogen and oxygen atoms in total. The van der Waals surface area contributed by atoms with Gasteiger partial charge in [0.1, 0.15) is 17.1 Å².